The van der Waals surface area contributed by atoms with E-state index in [1.165, 1.54) is 18.2 Å². The Balaban J connectivity index is 0.000000240. The van der Waals surface area contributed by atoms with Gasteiger partial charge in [-0.05, 0) is 18.1 Å². The molecule has 1 atom stereocenters. The molecule has 0 aliphatic carbocycles. The highest BCUT2D eigenvalue weighted by molar-refractivity contribution is 5.73. The number of carboxylic acids is 1. The second kappa shape index (κ2) is 8.96. The zero-order valence-electron chi connectivity index (χ0n) is 12.4. The Morgan fingerprint density at radius 1 is 1.00 bits per heavy atom. The van der Waals surface area contributed by atoms with Crippen LogP contribution in [-0.2, 0) is 11.2 Å². The van der Waals surface area contributed by atoms with E-state index in [-0.39, 0.29) is 11.4 Å². The molecule has 1 unspecified atom stereocenters. The third-order valence-corrected chi connectivity index (χ3v) is 2.87. The molecule has 24 heavy (non-hydrogen) atoms. The molecule has 9 nitrogen and oxygen atoms in total. The van der Waals surface area contributed by atoms with E-state index in [2.05, 4.69) is 0 Å². The van der Waals surface area contributed by atoms with Gasteiger partial charge >= 0.3 is 5.97 Å². The molecule has 0 amide bonds. The van der Waals surface area contributed by atoms with Crippen molar-refractivity contribution in [1.82, 2.24) is 0 Å². The van der Waals surface area contributed by atoms with Crippen LogP contribution in [0.25, 0.3) is 0 Å². The van der Waals surface area contributed by atoms with Crippen molar-refractivity contribution >= 4 is 17.3 Å². The van der Waals surface area contributed by atoms with Crippen LogP contribution in [0.1, 0.15) is 5.56 Å². The Labute approximate surface area is 136 Å². The molecule has 2 rings (SSSR count). The number of aliphatic carboxylic acids is 1. The van der Waals surface area contributed by atoms with Gasteiger partial charge in [0.1, 0.15) is 6.04 Å². The second-order valence-electron chi connectivity index (χ2n) is 4.67. The van der Waals surface area contributed by atoms with Crippen LogP contribution in [0.2, 0.25) is 0 Å². The molecular weight excluding hydrogens is 318 g/mol. The van der Waals surface area contributed by atoms with Gasteiger partial charge in [0.05, 0.1) is 15.9 Å². The van der Waals surface area contributed by atoms with Crippen molar-refractivity contribution in [3.63, 3.8) is 0 Å². The highest BCUT2D eigenvalue weighted by atomic mass is 16.6. The van der Waals surface area contributed by atoms with Gasteiger partial charge in [-0.15, -0.1) is 0 Å². The average molecular weight is 333 g/mol. The van der Waals surface area contributed by atoms with Gasteiger partial charge in [0, 0.05) is 12.1 Å². The number of nitrogens with two attached hydrogens (primary N) is 1. The van der Waals surface area contributed by atoms with Gasteiger partial charge in [-0.3, -0.25) is 25.0 Å². The smallest absolute Gasteiger partial charge is 0.320 e. The topological polar surface area (TPSA) is 150 Å². The monoisotopic (exact) mass is 333 g/mol. The number of nitro groups is 2. The minimum atomic E-state index is -0.959. The van der Waals surface area contributed by atoms with Gasteiger partial charge in [0.15, 0.2) is 0 Å². The molecule has 3 N–H and O–H groups in total. The van der Waals surface area contributed by atoms with Crippen molar-refractivity contribution in [2.75, 3.05) is 0 Å². The maximum atomic E-state index is 10.4. The van der Waals surface area contributed by atoms with Gasteiger partial charge < -0.3 is 10.8 Å². The van der Waals surface area contributed by atoms with Crippen LogP contribution in [0.15, 0.2) is 54.6 Å². The average Bonchev–Trinajstić information content (AvgIpc) is 2.56. The lowest BCUT2D eigenvalue weighted by atomic mass is 10.1. The molecule has 2 aromatic rings. The Kier molecular flexibility index (Phi) is 6.98. The van der Waals surface area contributed by atoms with Crippen molar-refractivity contribution in [1.29, 1.82) is 0 Å². The van der Waals surface area contributed by atoms with Crippen molar-refractivity contribution in [3.8, 4) is 0 Å². The van der Waals surface area contributed by atoms with Gasteiger partial charge in [-0.2, -0.15) is 0 Å². The Bertz CT molecular complexity index is 691. The third-order valence-electron chi connectivity index (χ3n) is 2.87. The van der Waals surface area contributed by atoms with Crippen molar-refractivity contribution in [3.05, 3.63) is 80.4 Å². The van der Waals surface area contributed by atoms with Gasteiger partial charge in [0.25, 0.3) is 11.4 Å². The first-order valence-electron chi connectivity index (χ1n) is 6.72. The molecule has 0 saturated carbocycles. The second-order valence-corrected chi connectivity index (χ2v) is 4.67. The number of hydrogen-bond donors (Lipinski definition) is 2. The molecular formula is C15H15N3O6. The van der Waals surface area contributed by atoms with E-state index >= 15 is 0 Å². The van der Waals surface area contributed by atoms with E-state index in [1.54, 1.807) is 0 Å². The van der Waals surface area contributed by atoms with E-state index in [1.807, 2.05) is 30.3 Å². The molecule has 0 aliphatic heterocycles. The first-order chi connectivity index (χ1) is 11.3. The molecule has 2 aromatic carbocycles. The third kappa shape index (κ3) is 6.20. The maximum Gasteiger partial charge on any atom is 0.320 e. The zero-order chi connectivity index (χ0) is 18.1. The van der Waals surface area contributed by atoms with Crippen LogP contribution in [0.3, 0.4) is 0 Å². The number of nitro benzene ring substituents is 2. The van der Waals surface area contributed by atoms with Crippen molar-refractivity contribution in [2.24, 2.45) is 5.73 Å². The van der Waals surface area contributed by atoms with Crippen LogP contribution >= 0.6 is 0 Å². The summed E-state index contributed by atoms with van der Waals surface area (Å²) < 4.78 is 0. The van der Waals surface area contributed by atoms with Crippen LogP contribution in [0.4, 0.5) is 11.4 Å². The summed E-state index contributed by atoms with van der Waals surface area (Å²) in [5.74, 6) is -0.959. The van der Waals surface area contributed by atoms with Crippen LogP contribution in [0.5, 0.6) is 0 Å². The Hall–Kier alpha value is -3.33. The summed E-state index contributed by atoms with van der Waals surface area (Å²) in [6.07, 6.45) is 0.385. The van der Waals surface area contributed by atoms with Crippen LogP contribution in [-0.4, -0.2) is 27.0 Å². The van der Waals surface area contributed by atoms with Crippen LogP contribution in [0, 0.1) is 20.2 Å². The molecule has 0 spiro atoms. The largest absolute Gasteiger partial charge is 0.480 e. The summed E-state index contributed by atoms with van der Waals surface area (Å²) in [5.41, 5.74) is 5.75. The molecule has 0 aromatic heterocycles. The summed E-state index contributed by atoms with van der Waals surface area (Å²) in [6.45, 7) is 0. The normalized spacial score (nSPS) is 10.9. The predicted octanol–water partition coefficient (Wildman–Crippen LogP) is 2.14. The lowest BCUT2D eigenvalue weighted by Crippen LogP contribution is -2.32. The minimum Gasteiger partial charge on any atom is -0.480 e. The molecule has 0 radical (unpaired) electrons. The molecule has 0 heterocycles. The fraction of sp³-hybridized carbons (Fsp3) is 0.133. The molecule has 0 fully saturated rings. The van der Waals surface area contributed by atoms with E-state index in [0.717, 1.165) is 11.6 Å². The number of non-ortho nitro benzene ring substituents is 2. The molecule has 0 bridgehead atoms. The van der Waals surface area contributed by atoms with Gasteiger partial charge in [-0.1, -0.05) is 30.3 Å². The van der Waals surface area contributed by atoms with E-state index < -0.39 is 21.9 Å². The Morgan fingerprint density at radius 2 is 1.50 bits per heavy atom. The van der Waals surface area contributed by atoms with E-state index in [9.17, 15) is 25.0 Å². The first-order valence-corrected chi connectivity index (χ1v) is 6.72. The molecule has 9 heteroatoms. The summed E-state index contributed by atoms with van der Waals surface area (Å²) in [4.78, 5) is 29.3. The quantitative estimate of drug-likeness (QED) is 0.628. The number of nitrogens with zero attached hydrogens (tertiary/aromatic N) is 2. The number of hydrogen-bond acceptors (Lipinski definition) is 6. The fourth-order valence-electron chi connectivity index (χ4n) is 1.68. The van der Waals surface area contributed by atoms with Crippen molar-refractivity contribution < 1.29 is 19.7 Å². The number of carboxylic acid groups (broad SMARTS) is 1. The first kappa shape index (κ1) is 18.7. The highest BCUT2D eigenvalue weighted by Gasteiger charge is 2.12. The molecule has 126 valence electrons. The lowest BCUT2D eigenvalue weighted by Gasteiger charge is -2.04. The lowest BCUT2D eigenvalue weighted by molar-refractivity contribution is -0.394. The van der Waals surface area contributed by atoms with Crippen molar-refractivity contribution in [2.45, 2.75) is 12.5 Å². The summed E-state index contributed by atoms with van der Waals surface area (Å²) in [7, 11) is 0. The number of benzene rings is 2. The predicted molar refractivity (Wildman–Crippen MR) is 85.5 cm³/mol. The van der Waals surface area contributed by atoms with Crippen LogP contribution < -0.4 is 5.73 Å². The summed E-state index contributed by atoms with van der Waals surface area (Å²) >= 11 is 0. The fourth-order valence-corrected chi connectivity index (χ4v) is 1.68. The van der Waals surface area contributed by atoms with E-state index in [4.69, 9.17) is 10.8 Å². The minimum absolute atomic E-state index is 0.274. The summed E-state index contributed by atoms with van der Waals surface area (Å²) in [6, 6.07) is 13.1. The van der Waals surface area contributed by atoms with E-state index in [0.29, 0.717) is 6.42 Å². The number of carbonyl (C=O) groups is 1. The molecule has 0 aliphatic rings. The SMILES string of the molecule is NC(Cc1ccccc1)C(=O)O.O=[N+]([O-])c1cccc([N+](=O)[O-])c1. The summed E-state index contributed by atoms with van der Waals surface area (Å²) in [5, 5.41) is 28.8. The highest BCUT2D eigenvalue weighted by Crippen LogP contribution is 2.18. The zero-order valence-corrected chi connectivity index (χ0v) is 12.4. The van der Waals surface area contributed by atoms with Gasteiger partial charge in [-0.25, -0.2) is 0 Å². The van der Waals surface area contributed by atoms with Gasteiger partial charge in [0.2, 0.25) is 0 Å². The number of rotatable bonds is 5. The standard InChI is InChI=1S/C9H11NO2.C6H4N2O4/c10-8(9(11)12)6-7-4-2-1-3-5-7;9-7(10)5-2-1-3-6(4-5)8(11)12/h1-5,8H,6,10H2,(H,11,12);1-4H. The molecule has 0 saturated heterocycles. The Morgan fingerprint density at radius 3 is 1.92 bits per heavy atom. The maximum absolute atomic E-state index is 10.4.